The number of aliphatic hydroxyl groups excluding tert-OH is 1. The number of guanidine groups is 1. The molecule has 2 aromatic heterocycles. The number of H-pyrrole nitrogens is 1. The van der Waals surface area contributed by atoms with E-state index in [1.54, 1.807) is 69.5 Å². The smallest absolute Gasteiger partial charge is 0.293 e. The van der Waals surface area contributed by atoms with Gasteiger partial charge in [-0.1, -0.05) is 70.2 Å². The molecule has 129 heavy (non-hydrogen) atoms. The molecule has 7 aliphatic heterocycles. The molecule has 4 unspecified atom stereocenters. The number of ketones is 3. The number of piperidine rings is 1. The van der Waals surface area contributed by atoms with Crippen LogP contribution < -0.4 is 68.9 Å². The van der Waals surface area contributed by atoms with Crippen molar-refractivity contribution in [3.8, 4) is 5.75 Å². The van der Waals surface area contributed by atoms with Gasteiger partial charge in [0.25, 0.3) is 23.8 Å². The number of Topliss-reactive ketones (excluding diaryl/α,β-unsaturated/α-hetero) is 3. The van der Waals surface area contributed by atoms with Crippen LogP contribution in [0.1, 0.15) is 182 Å². The first kappa shape index (κ1) is 93.6. The number of carbonyl (C=O) groups is 10. The maximum absolute atomic E-state index is 15.7. The van der Waals surface area contributed by atoms with E-state index < -0.39 is 116 Å². The number of hydrazone groups is 1. The van der Waals surface area contributed by atoms with Gasteiger partial charge in [-0.15, -0.1) is 11.8 Å². The van der Waals surface area contributed by atoms with Gasteiger partial charge in [0, 0.05) is 147 Å². The van der Waals surface area contributed by atoms with E-state index in [2.05, 4.69) is 96.4 Å². The van der Waals surface area contributed by atoms with Gasteiger partial charge in [-0.3, -0.25) is 68.0 Å². The highest BCUT2D eigenvalue weighted by atomic mass is 32.2. The molecule has 6 aromatic rings. The number of nitrogen functional groups attached to an aromatic ring is 1. The number of rotatable bonds is 38. The second kappa shape index (κ2) is 39.0. The Labute approximate surface area is 752 Å². The highest BCUT2D eigenvalue weighted by Crippen LogP contribution is 2.68. The van der Waals surface area contributed by atoms with Gasteiger partial charge in [0.05, 0.1) is 71.3 Å². The van der Waals surface area contributed by atoms with Crippen LogP contribution >= 0.6 is 11.8 Å². The Balaban J connectivity index is 0.559. The molecule has 17 atom stereocenters. The molecular formula is C93H119N19O16S. The fourth-order valence-electron chi connectivity index (χ4n) is 21.7. The number of fused-ring (bicyclic) bond motifs is 7. The number of aromatic nitrogens is 4. The van der Waals surface area contributed by atoms with E-state index in [0.29, 0.717) is 129 Å². The number of methoxy groups -OCH3 is 1. The molecule has 8 aliphatic rings. The number of anilines is 5. The van der Waals surface area contributed by atoms with Crippen molar-refractivity contribution in [2.24, 2.45) is 34.0 Å². The normalized spacial score (nSPS) is 26.9. The minimum absolute atomic E-state index is 0.0119. The lowest BCUT2D eigenvalue weighted by Gasteiger charge is -2.63. The van der Waals surface area contributed by atoms with Crippen LogP contribution in [0.3, 0.4) is 0 Å². The summed E-state index contributed by atoms with van der Waals surface area (Å²) in [6.07, 6.45) is 7.65. The van der Waals surface area contributed by atoms with Gasteiger partial charge in [-0.05, 0) is 168 Å². The van der Waals surface area contributed by atoms with E-state index in [1.165, 1.54) is 31.8 Å². The van der Waals surface area contributed by atoms with Crippen molar-refractivity contribution in [2.45, 2.75) is 214 Å². The third-order valence-electron chi connectivity index (χ3n) is 28.1. The van der Waals surface area contributed by atoms with Crippen LogP contribution in [0.2, 0.25) is 0 Å². The van der Waals surface area contributed by atoms with Crippen molar-refractivity contribution in [2.75, 3.05) is 98.5 Å². The largest absolute Gasteiger partial charge is 0.496 e. The van der Waals surface area contributed by atoms with Crippen molar-refractivity contribution < 1.29 is 72.7 Å². The monoisotopic (exact) mass is 1790 g/mol. The number of thioether (sulfide) groups is 1. The fraction of sp³-hybridized carbons (Fsp3) is 0.527. The third-order valence-corrected chi connectivity index (χ3v) is 29.4. The Kier molecular flexibility index (Phi) is 28.3. The molecule has 2 bridgehead atoms. The first-order valence-electron chi connectivity index (χ1n) is 44.7. The minimum Gasteiger partial charge on any atom is -0.496 e. The molecule has 1 saturated carbocycles. The fourth-order valence-corrected chi connectivity index (χ4v) is 22.8. The Hall–Kier alpha value is -11.6. The van der Waals surface area contributed by atoms with Crippen molar-refractivity contribution >= 4 is 123 Å². The first-order valence-corrected chi connectivity index (χ1v) is 45.7. The number of ether oxygens (including phenoxy) is 2. The number of aromatic amines is 1. The summed E-state index contributed by atoms with van der Waals surface area (Å²) in [6.45, 7) is 14.6. The number of nitrogens with two attached hydrogens (primary N) is 2. The van der Waals surface area contributed by atoms with Gasteiger partial charge in [-0.25, -0.2) is 20.3 Å². The average molecular weight is 1790 g/mol. The van der Waals surface area contributed by atoms with Crippen molar-refractivity contribution in [3.05, 3.63) is 147 Å². The van der Waals surface area contributed by atoms with E-state index in [4.69, 9.17) is 26.4 Å². The zero-order chi connectivity index (χ0) is 92.2. The Morgan fingerprint density at radius 3 is 2.33 bits per heavy atom. The molecule has 14 rings (SSSR count). The number of nitrogens with one attached hydrogen (secondary N) is 9. The maximum Gasteiger partial charge on any atom is 0.293 e. The Morgan fingerprint density at radius 2 is 1.59 bits per heavy atom. The lowest BCUT2D eigenvalue weighted by molar-refractivity contribution is -0.203. The number of carbonyl (C=O) groups excluding carboxylic acids is 10. The molecule has 9 heterocycles. The van der Waals surface area contributed by atoms with Gasteiger partial charge in [-0.2, -0.15) is 10.1 Å². The van der Waals surface area contributed by atoms with Gasteiger partial charge in [0.1, 0.15) is 24.2 Å². The quantitative estimate of drug-likeness (QED) is 0.00446. The summed E-state index contributed by atoms with van der Waals surface area (Å²) in [5.41, 5.74) is 14.0. The zero-order valence-electron chi connectivity index (χ0n) is 74.2. The number of imide groups is 1. The summed E-state index contributed by atoms with van der Waals surface area (Å²) in [6, 6.07) is 21.9. The number of likely N-dealkylation sites (N-methyl/N-ethyl adjacent to an activating group) is 1. The van der Waals surface area contributed by atoms with Gasteiger partial charge in [0.2, 0.25) is 29.6 Å². The maximum atomic E-state index is 15.7. The third kappa shape index (κ3) is 18.7. The van der Waals surface area contributed by atoms with Crippen molar-refractivity contribution in [1.29, 1.82) is 5.41 Å². The molecule has 4 aromatic carbocycles. The van der Waals surface area contributed by atoms with E-state index in [9.17, 15) is 63.3 Å². The lowest BCUT2D eigenvalue weighted by atomic mass is 9.47. The molecule has 1 spiro atoms. The standard InChI is InChI=1S/C93H119N19O16S/c1-9-89(125)44-56-45-91(50-128-51-113,76-64(30-36-110(48-56)49-89)63-18-11-12-19-67(63)103-76)66-41-65-69(42-72(66)127-8)109(7)84-92(65)32-37-111-35-16-31-90(10-2,83(92)111)85(123)93(84,126)86(124)108-107-54(5)57-24-28-61(29-25-57)112-74(117)43-73(82(112)122)129-38-15-21-70(115)55(6)101-78(118)53(4)40-71(116)68(20-14-34-98-87(94)95)104-79(119)52(3)39-62(114)17-13-33-97-80(120)58-22-26-59(27-23-58)99-46-60-47-100-77-75(102-60)81(121)106-88(96)105-77/h11-12,16,18-19,22-29,31,41-42,47,51-53,55-56,64,68,73,76,83-85,99,103,123,125-126H,9-10,13-15,17,20-21,30,32-40,43-46,48-50H2,1-8H3,(H,97,120)(H,101,118)(H,104,119)(H,108,124)(H4,94,95,98)(H3,96,100,105,106,121)/b107-54-/t52-,53-,55+,56-,64?,68+,73?,76?,83+,84-,85-,89+,90-,91+,92-,93-/m1/s1. The number of hydrogen-bond donors (Lipinski definition) is 14. The highest BCUT2D eigenvalue weighted by Gasteiger charge is 2.79. The summed E-state index contributed by atoms with van der Waals surface area (Å²) in [5.74, 6) is -5.66. The van der Waals surface area contributed by atoms with Crippen LogP contribution in [-0.4, -0.2) is 241 Å². The Bertz CT molecular complexity index is 5430. The van der Waals surface area contributed by atoms with Crippen molar-refractivity contribution in [1.82, 2.24) is 56.4 Å². The van der Waals surface area contributed by atoms with E-state index in [-0.39, 0.29) is 123 Å². The topological polar surface area (TPSA) is 507 Å². The Morgan fingerprint density at radius 1 is 0.853 bits per heavy atom. The van der Waals surface area contributed by atoms with Crippen LogP contribution in [0, 0.1) is 28.6 Å². The van der Waals surface area contributed by atoms with Crippen LogP contribution in [0.15, 0.2) is 113 Å². The second-order valence-electron chi connectivity index (χ2n) is 36.3. The number of aliphatic hydroxyl groups is 3. The predicted octanol–water partition coefficient (Wildman–Crippen LogP) is 5.27. The summed E-state index contributed by atoms with van der Waals surface area (Å²) in [5, 5.41) is 68.9. The molecule has 36 heteroatoms. The van der Waals surface area contributed by atoms with Crippen molar-refractivity contribution in [3.63, 3.8) is 0 Å². The summed E-state index contributed by atoms with van der Waals surface area (Å²) >= 11 is 1.24. The molecule has 1 aliphatic carbocycles. The SMILES string of the molecule is CC[C@]1(O)C[C@H]2CN(CCC3c4ccccc4NC3[C@@](COC=O)(c3cc4c(cc3OC)N(C)[C@H]3[C@](O)(C(=O)N/N=C(/C)c5ccc(N6C(=O)CC(SCCCC(=O)[C@H](C)NC(=O)[C@H](C)CC(=O)[C@H](CCCNC(=N)N)NC(=O)[C@H](C)CC(=O)CCCNC(=O)c7ccc(NCc8cnc9nc(N)[nH]c(=O)c9n8)cc7)C6=O)cc5)[C@H](O)[C@]5(CC)C=CCN6CC[C@]43[C@@H]65)C2)C1. The van der Waals surface area contributed by atoms with E-state index in [0.717, 1.165) is 46.8 Å². The highest BCUT2D eigenvalue weighted by molar-refractivity contribution is 8.00. The van der Waals surface area contributed by atoms with E-state index in [1.807, 2.05) is 50.1 Å². The minimum atomic E-state index is -2.52. The number of para-hydroxylation sites is 1. The number of benzene rings is 4. The summed E-state index contributed by atoms with van der Waals surface area (Å²) in [4.78, 5) is 172. The van der Waals surface area contributed by atoms with Gasteiger partial charge < -0.3 is 78.0 Å². The number of amides is 6. The molecule has 5 fully saturated rings. The molecule has 16 N–H and O–H groups in total. The average Bonchev–Trinajstić information content (AvgIpc) is 1.48. The second-order valence-corrected chi connectivity index (χ2v) is 37.6. The molecule has 35 nitrogen and oxygen atoms in total. The molecule has 6 amide bonds. The molecule has 4 saturated heterocycles. The summed E-state index contributed by atoms with van der Waals surface area (Å²) in [7, 11) is 3.48. The van der Waals surface area contributed by atoms with Crippen LogP contribution in [-0.2, 0) is 65.3 Å². The van der Waals surface area contributed by atoms with Gasteiger partial charge >= 0.3 is 0 Å². The molecule has 688 valence electrons. The van der Waals surface area contributed by atoms with Gasteiger partial charge in [0.15, 0.2) is 34.3 Å². The van der Waals surface area contributed by atoms with Crippen LogP contribution in [0.5, 0.6) is 5.75 Å². The molecule has 0 radical (unpaired) electrons. The lowest BCUT2D eigenvalue weighted by Crippen LogP contribution is -2.81. The number of nitrogens with zero attached hydrogens (tertiary/aromatic N) is 8. The predicted molar refractivity (Wildman–Crippen MR) is 487 cm³/mol. The summed E-state index contributed by atoms with van der Waals surface area (Å²) < 4.78 is 12.7. The first-order chi connectivity index (χ1) is 61.7. The van der Waals surface area contributed by atoms with Crippen LogP contribution in [0.25, 0.3) is 11.2 Å². The zero-order valence-corrected chi connectivity index (χ0v) is 75.0. The van der Waals surface area contributed by atoms with E-state index >= 15 is 4.79 Å². The number of hydrogen-bond acceptors (Lipinski definition) is 28. The molecular weight excluding hydrogens is 1670 g/mol. The van der Waals surface area contributed by atoms with Crippen LogP contribution in [0.4, 0.5) is 28.7 Å².